The van der Waals surface area contributed by atoms with E-state index in [-0.39, 0.29) is 18.0 Å². The number of carbonyl (C=O) groups excluding carboxylic acids is 3. The van der Waals surface area contributed by atoms with E-state index in [1.165, 1.54) is 0 Å². The van der Waals surface area contributed by atoms with Crippen molar-refractivity contribution in [3.8, 4) is 0 Å². The molecular formula is C28H26N4O4. The Morgan fingerprint density at radius 1 is 0.917 bits per heavy atom. The van der Waals surface area contributed by atoms with Gasteiger partial charge in [-0.3, -0.25) is 14.4 Å². The molecule has 36 heavy (non-hydrogen) atoms. The monoisotopic (exact) mass is 482 g/mol. The maximum atomic E-state index is 13.0. The third-order valence-corrected chi connectivity index (χ3v) is 5.85. The molecule has 4 aromatic rings. The normalized spacial score (nSPS) is 12.5. The number of rotatable bonds is 8. The summed E-state index contributed by atoms with van der Waals surface area (Å²) in [5, 5.41) is 16.7. The minimum absolute atomic E-state index is 0.225. The zero-order valence-electron chi connectivity index (χ0n) is 19.6. The highest BCUT2D eigenvalue weighted by Crippen LogP contribution is 2.18. The van der Waals surface area contributed by atoms with Gasteiger partial charge in [-0.15, -0.1) is 0 Å². The fraction of sp³-hybridized carbons (Fsp3) is 0.143. The second kappa shape index (κ2) is 10.8. The number of aryl methyl sites for hydroxylation is 1. The second-order valence-corrected chi connectivity index (χ2v) is 8.49. The van der Waals surface area contributed by atoms with Gasteiger partial charge in [0.15, 0.2) is 6.10 Å². The van der Waals surface area contributed by atoms with Gasteiger partial charge < -0.3 is 21.5 Å². The standard InChI is InChI=1S/C28H26N4O4/c1-17-15-20(30-28(36)23-14-11-19-9-5-6-10-22(19)31-23)12-13-21(17)27(35)32-24(25(33)26(29)34)16-18-7-3-2-4-8-18/h2-15,24-25,33H,16H2,1H3,(H2,29,34)(H,30,36)(H,32,35)/t24-,25?/m0/s1. The number of carbonyl (C=O) groups is 3. The molecule has 0 bridgehead atoms. The molecule has 3 amide bonds. The summed E-state index contributed by atoms with van der Waals surface area (Å²) in [5.74, 6) is -1.76. The molecule has 0 radical (unpaired) electrons. The van der Waals surface area contributed by atoms with Crippen molar-refractivity contribution in [3.63, 3.8) is 0 Å². The summed E-state index contributed by atoms with van der Waals surface area (Å²) >= 11 is 0. The molecule has 0 spiro atoms. The van der Waals surface area contributed by atoms with Crippen molar-refractivity contribution in [2.45, 2.75) is 25.5 Å². The lowest BCUT2D eigenvalue weighted by Gasteiger charge is -2.23. The number of hydrogen-bond acceptors (Lipinski definition) is 5. The first-order valence-electron chi connectivity index (χ1n) is 11.4. The van der Waals surface area contributed by atoms with E-state index in [1.54, 1.807) is 31.2 Å². The molecule has 3 aromatic carbocycles. The predicted molar refractivity (Wildman–Crippen MR) is 137 cm³/mol. The van der Waals surface area contributed by atoms with E-state index in [9.17, 15) is 19.5 Å². The molecule has 1 unspecified atom stereocenters. The Morgan fingerprint density at radius 2 is 1.64 bits per heavy atom. The molecule has 0 aliphatic heterocycles. The van der Waals surface area contributed by atoms with Crippen LogP contribution in [0.5, 0.6) is 0 Å². The van der Waals surface area contributed by atoms with Crippen LogP contribution < -0.4 is 16.4 Å². The number of hydrogen-bond donors (Lipinski definition) is 4. The third-order valence-electron chi connectivity index (χ3n) is 5.85. The zero-order valence-corrected chi connectivity index (χ0v) is 19.6. The van der Waals surface area contributed by atoms with E-state index >= 15 is 0 Å². The molecule has 2 atom stereocenters. The minimum atomic E-state index is -1.55. The van der Waals surface area contributed by atoms with Crippen LogP contribution in [0.1, 0.15) is 32.0 Å². The smallest absolute Gasteiger partial charge is 0.274 e. The summed E-state index contributed by atoms with van der Waals surface area (Å²) in [7, 11) is 0. The van der Waals surface area contributed by atoms with Crippen molar-refractivity contribution in [2.24, 2.45) is 5.73 Å². The molecule has 0 saturated carbocycles. The molecular weight excluding hydrogens is 456 g/mol. The predicted octanol–water partition coefficient (Wildman–Crippen LogP) is 2.98. The molecule has 8 heteroatoms. The molecule has 4 rings (SSSR count). The first-order chi connectivity index (χ1) is 17.3. The molecule has 0 fully saturated rings. The van der Waals surface area contributed by atoms with Gasteiger partial charge in [-0.25, -0.2) is 4.98 Å². The lowest BCUT2D eigenvalue weighted by Crippen LogP contribution is -2.50. The fourth-order valence-electron chi connectivity index (χ4n) is 3.94. The van der Waals surface area contributed by atoms with Gasteiger partial charge in [0.1, 0.15) is 5.69 Å². The first-order valence-corrected chi connectivity index (χ1v) is 11.4. The molecule has 182 valence electrons. The van der Waals surface area contributed by atoms with E-state index < -0.39 is 24.0 Å². The van der Waals surface area contributed by atoms with Crippen molar-refractivity contribution < 1.29 is 19.5 Å². The number of aliphatic hydroxyl groups is 1. The van der Waals surface area contributed by atoms with Crippen LogP contribution in [0.25, 0.3) is 10.9 Å². The van der Waals surface area contributed by atoms with Crippen molar-refractivity contribution >= 4 is 34.3 Å². The van der Waals surface area contributed by atoms with Gasteiger partial charge in [-0.2, -0.15) is 0 Å². The summed E-state index contributed by atoms with van der Waals surface area (Å²) in [6.45, 7) is 1.73. The fourth-order valence-corrected chi connectivity index (χ4v) is 3.94. The maximum Gasteiger partial charge on any atom is 0.274 e. The Bertz CT molecular complexity index is 1420. The molecule has 0 aliphatic rings. The van der Waals surface area contributed by atoms with E-state index in [1.807, 2.05) is 60.7 Å². The van der Waals surface area contributed by atoms with Crippen molar-refractivity contribution in [1.29, 1.82) is 0 Å². The van der Waals surface area contributed by atoms with Crippen LogP contribution in [0.3, 0.4) is 0 Å². The average Bonchev–Trinajstić information content (AvgIpc) is 2.88. The molecule has 1 aromatic heterocycles. The Kier molecular flexibility index (Phi) is 7.36. The van der Waals surface area contributed by atoms with E-state index in [0.29, 0.717) is 16.8 Å². The van der Waals surface area contributed by atoms with E-state index in [0.717, 1.165) is 16.5 Å². The van der Waals surface area contributed by atoms with Crippen molar-refractivity contribution in [2.75, 3.05) is 5.32 Å². The highest BCUT2D eigenvalue weighted by molar-refractivity contribution is 6.04. The second-order valence-electron chi connectivity index (χ2n) is 8.49. The lowest BCUT2D eigenvalue weighted by molar-refractivity contribution is -0.127. The number of aliphatic hydroxyl groups excluding tert-OH is 1. The Labute approximate surface area is 208 Å². The largest absolute Gasteiger partial charge is 0.381 e. The molecule has 0 saturated heterocycles. The Hall–Kier alpha value is -4.56. The molecule has 0 aliphatic carbocycles. The quantitative estimate of drug-likeness (QED) is 0.306. The number of nitrogens with two attached hydrogens (primary N) is 1. The highest BCUT2D eigenvalue weighted by Gasteiger charge is 2.27. The SMILES string of the molecule is Cc1cc(NC(=O)c2ccc3ccccc3n2)ccc1C(=O)N[C@@H](Cc1ccccc1)C(O)C(N)=O. The summed E-state index contributed by atoms with van der Waals surface area (Å²) in [5.41, 5.74) is 8.56. The van der Waals surface area contributed by atoms with Crippen molar-refractivity contribution in [1.82, 2.24) is 10.3 Å². The number of para-hydroxylation sites is 1. The molecule has 8 nitrogen and oxygen atoms in total. The van der Waals surface area contributed by atoms with Gasteiger partial charge in [-0.1, -0.05) is 54.6 Å². The van der Waals surface area contributed by atoms with Crippen LogP contribution >= 0.6 is 0 Å². The topological polar surface area (TPSA) is 134 Å². The number of pyridine rings is 1. The van der Waals surface area contributed by atoms with Crippen LogP contribution in [0.4, 0.5) is 5.69 Å². The zero-order chi connectivity index (χ0) is 25.7. The summed E-state index contributed by atoms with van der Waals surface area (Å²) in [4.78, 5) is 41.8. The third kappa shape index (κ3) is 5.73. The first kappa shape index (κ1) is 24.6. The number of nitrogens with one attached hydrogen (secondary N) is 2. The maximum absolute atomic E-state index is 13.0. The number of anilines is 1. The van der Waals surface area contributed by atoms with Crippen LogP contribution in [0.2, 0.25) is 0 Å². The Morgan fingerprint density at radius 3 is 2.36 bits per heavy atom. The van der Waals surface area contributed by atoms with E-state index in [2.05, 4.69) is 15.6 Å². The Balaban J connectivity index is 1.47. The molecule has 5 N–H and O–H groups in total. The van der Waals surface area contributed by atoms with Crippen LogP contribution in [0.15, 0.2) is 84.9 Å². The van der Waals surface area contributed by atoms with Crippen LogP contribution in [0, 0.1) is 6.92 Å². The number of fused-ring (bicyclic) bond motifs is 1. The minimum Gasteiger partial charge on any atom is -0.381 e. The number of benzene rings is 3. The number of nitrogens with zero attached hydrogens (tertiary/aromatic N) is 1. The molecule has 1 heterocycles. The van der Waals surface area contributed by atoms with Gasteiger partial charge in [0.05, 0.1) is 11.6 Å². The highest BCUT2D eigenvalue weighted by atomic mass is 16.3. The number of amides is 3. The summed E-state index contributed by atoms with van der Waals surface area (Å²) in [6.07, 6.45) is -1.33. The average molecular weight is 483 g/mol. The van der Waals surface area contributed by atoms with E-state index in [4.69, 9.17) is 5.73 Å². The number of aromatic nitrogens is 1. The van der Waals surface area contributed by atoms with Crippen molar-refractivity contribution in [3.05, 3.63) is 107 Å². The summed E-state index contributed by atoms with van der Waals surface area (Å²) in [6, 6.07) is 24.1. The van der Waals surface area contributed by atoms with Gasteiger partial charge in [0, 0.05) is 16.6 Å². The van der Waals surface area contributed by atoms with Crippen LogP contribution in [-0.2, 0) is 11.2 Å². The van der Waals surface area contributed by atoms with Gasteiger partial charge in [0.25, 0.3) is 11.8 Å². The summed E-state index contributed by atoms with van der Waals surface area (Å²) < 4.78 is 0. The van der Waals surface area contributed by atoms with Gasteiger partial charge in [-0.05, 0) is 54.8 Å². The van der Waals surface area contributed by atoms with Gasteiger partial charge >= 0.3 is 0 Å². The van der Waals surface area contributed by atoms with Crippen LogP contribution in [-0.4, -0.2) is 40.0 Å². The van der Waals surface area contributed by atoms with Gasteiger partial charge in [0.2, 0.25) is 5.91 Å². The number of primary amides is 1. The lowest BCUT2D eigenvalue weighted by atomic mass is 9.99.